The Hall–Kier alpha value is -2.06. The van der Waals surface area contributed by atoms with Gasteiger partial charge < -0.3 is 15.2 Å². The molecule has 0 bridgehead atoms. The number of nitrogens with zero attached hydrogens (tertiary/aromatic N) is 1. The van der Waals surface area contributed by atoms with E-state index in [0.717, 1.165) is 24.4 Å². The summed E-state index contributed by atoms with van der Waals surface area (Å²) < 4.78 is 59.8. The SMILES string of the molecule is CNc1ccc(F)cc1C(O)(c1ccnc(OC)c1Cl)C(F)(F)F. The fourth-order valence-corrected chi connectivity index (χ4v) is 2.66. The average Bonchev–Trinajstić information content (AvgIpc) is 2.53. The Labute approximate surface area is 140 Å². The fraction of sp³-hybridized carbons (Fsp3) is 0.267. The molecule has 0 saturated carbocycles. The van der Waals surface area contributed by atoms with E-state index in [0.29, 0.717) is 6.07 Å². The summed E-state index contributed by atoms with van der Waals surface area (Å²) in [6.07, 6.45) is -4.18. The lowest BCUT2D eigenvalue weighted by atomic mass is 9.84. The van der Waals surface area contributed by atoms with Gasteiger partial charge in [0.1, 0.15) is 10.8 Å². The summed E-state index contributed by atoms with van der Waals surface area (Å²) in [5.74, 6) is -1.23. The molecule has 1 atom stereocenters. The number of ether oxygens (including phenoxy) is 1. The van der Waals surface area contributed by atoms with Gasteiger partial charge in [0.15, 0.2) is 0 Å². The number of alkyl halides is 3. The molecule has 2 N–H and O–H groups in total. The maximum Gasteiger partial charge on any atom is 0.425 e. The summed E-state index contributed by atoms with van der Waals surface area (Å²) in [4.78, 5) is 3.68. The molecule has 0 aliphatic rings. The molecule has 2 rings (SSSR count). The van der Waals surface area contributed by atoms with Crippen molar-refractivity contribution < 1.29 is 27.4 Å². The number of nitrogens with one attached hydrogen (secondary N) is 1. The Morgan fingerprint density at radius 3 is 2.42 bits per heavy atom. The first-order chi connectivity index (χ1) is 11.2. The van der Waals surface area contributed by atoms with E-state index in [4.69, 9.17) is 16.3 Å². The lowest BCUT2D eigenvalue weighted by Crippen LogP contribution is -2.44. The third-order valence-corrected chi connectivity index (χ3v) is 3.86. The van der Waals surface area contributed by atoms with Crippen molar-refractivity contribution in [1.82, 2.24) is 4.98 Å². The lowest BCUT2D eigenvalue weighted by molar-refractivity contribution is -0.248. The predicted molar refractivity (Wildman–Crippen MR) is 80.8 cm³/mol. The Balaban J connectivity index is 2.86. The van der Waals surface area contributed by atoms with E-state index in [-0.39, 0.29) is 11.6 Å². The van der Waals surface area contributed by atoms with Crippen LogP contribution in [0.3, 0.4) is 0 Å². The molecule has 0 spiro atoms. The highest BCUT2D eigenvalue weighted by molar-refractivity contribution is 6.32. The average molecular weight is 365 g/mol. The van der Waals surface area contributed by atoms with Crippen LogP contribution in [0.1, 0.15) is 11.1 Å². The zero-order chi connectivity index (χ0) is 18.1. The summed E-state index contributed by atoms with van der Waals surface area (Å²) in [6.45, 7) is 0. The third-order valence-electron chi connectivity index (χ3n) is 3.49. The van der Waals surface area contributed by atoms with E-state index < -0.39 is 33.7 Å². The Kier molecular flexibility index (Phi) is 4.91. The molecular formula is C15H13ClF4N2O2. The molecule has 1 aromatic heterocycles. The Morgan fingerprint density at radius 2 is 1.88 bits per heavy atom. The Morgan fingerprint density at radius 1 is 1.21 bits per heavy atom. The van der Waals surface area contributed by atoms with Crippen molar-refractivity contribution in [2.45, 2.75) is 11.8 Å². The van der Waals surface area contributed by atoms with Crippen LogP contribution in [-0.4, -0.2) is 30.4 Å². The van der Waals surface area contributed by atoms with E-state index in [1.807, 2.05) is 0 Å². The number of benzene rings is 1. The number of hydrogen-bond acceptors (Lipinski definition) is 4. The molecule has 1 unspecified atom stereocenters. The van der Waals surface area contributed by atoms with E-state index in [1.54, 1.807) is 0 Å². The van der Waals surface area contributed by atoms with Crippen LogP contribution in [0.5, 0.6) is 5.88 Å². The second kappa shape index (κ2) is 6.45. The second-order valence-corrected chi connectivity index (χ2v) is 5.21. The van der Waals surface area contributed by atoms with Gasteiger partial charge in [-0.25, -0.2) is 9.37 Å². The minimum Gasteiger partial charge on any atom is -0.480 e. The van der Waals surface area contributed by atoms with Crippen molar-refractivity contribution in [3.8, 4) is 5.88 Å². The lowest BCUT2D eigenvalue weighted by Gasteiger charge is -2.33. The van der Waals surface area contributed by atoms with Crippen molar-refractivity contribution in [1.29, 1.82) is 0 Å². The monoisotopic (exact) mass is 364 g/mol. The first-order valence-electron chi connectivity index (χ1n) is 6.62. The number of rotatable bonds is 4. The number of aliphatic hydroxyl groups is 1. The quantitative estimate of drug-likeness (QED) is 0.812. The van der Waals surface area contributed by atoms with E-state index in [1.165, 1.54) is 14.2 Å². The van der Waals surface area contributed by atoms with Crippen LogP contribution >= 0.6 is 11.6 Å². The van der Waals surface area contributed by atoms with Crippen LogP contribution in [0.4, 0.5) is 23.2 Å². The molecule has 24 heavy (non-hydrogen) atoms. The molecule has 4 nitrogen and oxygen atoms in total. The maximum atomic E-state index is 13.8. The summed E-state index contributed by atoms with van der Waals surface area (Å²) >= 11 is 5.92. The minimum absolute atomic E-state index is 0.108. The molecule has 0 aliphatic carbocycles. The van der Waals surface area contributed by atoms with Gasteiger partial charge in [0.05, 0.1) is 7.11 Å². The highest BCUT2D eigenvalue weighted by Crippen LogP contribution is 2.49. The van der Waals surface area contributed by atoms with Gasteiger partial charge in [-0.05, 0) is 24.3 Å². The molecule has 0 radical (unpaired) electrons. The number of methoxy groups -OCH3 is 1. The summed E-state index contributed by atoms with van der Waals surface area (Å²) in [5.41, 5.74) is -5.12. The minimum atomic E-state index is -5.19. The van der Waals surface area contributed by atoms with Crippen molar-refractivity contribution in [2.24, 2.45) is 0 Å². The number of aromatic nitrogens is 1. The molecular weight excluding hydrogens is 352 g/mol. The largest absolute Gasteiger partial charge is 0.480 e. The normalized spacial score (nSPS) is 14.2. The van der Waals surface area contributed by atoms with Gasteiger partial charge in [-0.15, -0.1) is 0 Å². The van der Waals surface area contributed by atoms with Gasteiger partial charge in [0.25, 0.3) is 0 Å². The summed E-state index contributed by atoms with van der Waals surface area (Å²) in [5, 5.41) is 12.6. The standard InChI is InChI=1S/C15H13ClF4N2O2/c1-21-11-4-3-8(17)7-10(11)14(23,15(18,19)20)9-5-6-22-13(24-2)12(9)16/h3-7,21,23H,1-2H3. The maximum absolute atomic E-state index is 13.8. The molecule has 9 heteroatoms. The van der Waals surface area contributed by atoms with E-state index >= 15 is 0 Å². The van der Waals surface area contributed by atoms with Gasteiger partial charge in [-0.1, -0.05) is 11.6 Å². The van der Waals surface area contributed by atoms with Gasteiger partial charge in [0, 0.05) is 30.1 Å². The highest BCUT2D eigenvalue weighted by atomic mass is 35.5. The number of hydrogen-bond donors (Lipinski definition) is 2. The molecule has 1 aromatic carbocycles. The van der Waals surface area contributed by atoms with Crippen molar-refractivity contribution >= 4 is 17.3 Å². The van der Waals surface area contributed by atoms with Gasteiger partial charge in [0.2, 0.25) is 11.5 Å². The fourth-order valence-electron chi connectivity index (χ4n) is 2.33. The first-order valence-corrected chi connectivity index (χ1v) is 7.00. The zero-order valence-corrected chi connectivity index (χ0v) is 13.3. The van der Waals surface area contributed by atoms with Crippen LogP contribution < -0.4 is 10.1 Å². The zero-order valence-electron chi connectivity index (χ0n) is 12.6. The number of halogens is 5. The number of anilines is 1. The van der Waals surface area contributed by atoms with Crippen LogP contribution in [-0.2, 0) is 5.60 Å². The molecule has 0 fully saturated rings. The topological polar surface area (TPSA) is 54.4 Å². The van der Waals surface area contributed by atoms with Crippen LogP contribution in [0, 0.1) is 5.82 Å². The van der Waals surface area contributed by atoms with E-state index in [2.05, 4.69) is 10.3 Å². The van der Waals surface area contributed by atoms with Crippen molar-refractivity contribution in [2.75, 3.05) is 19.5 Å². The molecule has 2 aromatic rings. The summed E-state index contributed by atoms with van der Waals surface area (Å²) in [6, 6.07) is 3.57. The smallest absolute Gasteiger partial charge is 0.425 e. The van der Waals surface area contributed by atoms with Crippen LogP contribution in [0.15, 0.2) is 30.5 Å². The van der Waals surface area contributed by atoms with Crippen LogP contribution in [0.25, 0.3) is 0 Å². The summed E-state index contributed by atoms with van der Waals surface area (Å²) in [7, 11) is 2.52. The molecule has 0 aliphatic heterocycles. The van der Waals surface area contributed by atoms with Gasteiger partial charge in [-0.2, -0.15) is 13.2 Å². The Bertz CT molecular complexity index is 755. The van der Waals surface area contributed by atoms with Crippen molar-refractivity contribution in [3.05, 3.63) is 52.4 Å². The third kappa shape index (κ3) is 2.87. The van der Waals surface area contributed by atoms with Crippen molar-refractivity contribution in [3.63, 3.8) is 0 Å². The van der Waals surface area contributed by atoms with Crippen LogP contribution in [0.2, 0.25) is 5.02 Å². The number of pyridine rings is 1. The van der Waals surface area contributed by atoms with Gasteiger partial charge >= 0.3 is 6.18 Å². The highest BCUT2D eigenvalue weighted by Gasteiger charge is 2.58. The molecule has 1 heterocycles. The second-order valence-electron chi connectivity index (χ2n) is 4.83. The predicted octanol–water partition coefficient (Wildman–Crippen LogP) is 3.72. The first kappa shape index (κ1) is 18.3. The molecule has 130 valence electrons. The van der Waals surface area contributed by atoms with E-state index in [9.17, 15) is 22.7 Å². The molecule has 0 saturated heterocycles. The molecule has 0 amide bonds. The van der Waals surface area contributed by atoms with Gasteiger partial charge in [-0.3, -0.25) is 0 Å².